The molecule has 0 spiro atoms. The van der Waals surface area contributed by atoms with Crippen LogP contribution in [-0.4, -0.2) is 42.3 Å². The molecule has 1 unspecified atom stereocenters. The van der Waals surface area contributed by atoms with Gasteiger partial charge in [-0.25, -0.2) is 4.98 Å². The van der Waals surface area contributed by atoms with Gasteiger partial charge in [0.2, 0.25) is 5.88 Å². The zero-order valence-corrected chi connectivity index (χ0v) is 19.9. The van der Waals surface area contributed by atoms with Crippen LogP contribution < -0.4 is 10.5 Å². The van der Waals surface area contributed by atoms with E-state index in [0.29, 0.717) is 18.2 Å². The van der Waals surface area contributed by atoms with Gasteiger partial charge < -0.3 is 20.2 Å². The molecule has 1 aliphatic carbocycles. The number of piperidine rings is 1. The Kier molecular flexibility index (Phi) is 11.0. The Morgan fingerprint density at radius 3 is 2.69 bits per heavy atom. The third kappa shape index (κ3) is 7.50. The Morgan fingerprint density at radius 2 is 2.06 bits per heavy atom. The van der Waals surface area contributed by atoms with Gasteiger partial charge in [0.15, 0.2) is 0 Å². The number of likely N-dealkylation sites (tertiary alicyclic amines) is 1. The molecule has 1 fully saturated rings. The van der Waals surface area contributed by atoms with E-state index in [9.17, 15) is 9.59 Å². The molecule has 6 nitrogen and oxygen atoms in total. The van der Waals surface area contributed by atoms with Gasteiger partial charge in [-0.15, -0.1) is 0 Å². The number of nitrogens with zero attached hydrogens (tertiary/aromatic N) is 2. The van der Waals surface area contributed by atoms with Crippen LogP contribution in [0.25, 0.3) is 0 Å². The molecule has 1 aliphatic heterocycles. The van der Waals surface area contributed by atoms with Crippen LogP contribution in [0.5, 0.6) is 5.88 Å². The van der Waals surface area contributed by atoms with Crippen molar-refractivity contribution in [2.75, 3.05) is 20.2 Å². The summed E-state index contributed by atoms with van der Waals surface area (Å²) in [6.07, 6.45) is 14.0. The van der Waals surface area contributed by atoms with Crippen molar-refractivity contribution in [3.8, 4) is 5.88 Å². The number of nitrogens with two attached hydrogens (primary N) is 1. The maximum Gasteiger partial charge on any atom is 0.253 e. The van der Waals surface area contributed by atoms with Crippen LogP contribution in [0.4, 0.5) is 0 Å². The Balaban J connectivity index is 0.00000176. The van der Waals surface area contributed by atoms with E-state index in [4.69, 9.17) is 10.5 Å². The van der Waals surface area contributed by atoms with Crippen LogP contribution in [0.15, 0.2) is 41.8 Å². The van der Waals surface area contributed by atoms with E-state index in [2.05, 4.69) is 4.98 Å². The van der Waals surface area contributed by atoms with Gasteiger partial charge in [-0.05, 0) is 68.4 Å². The van der Waals surface area contributed by atoms with Crippen LogP contribution in [0.1, 0.15) is 76.7 Å². The van der Waals surface area contributed by atoms with E-state index in [1.807, 2.05) is 49.2 Å². The number of carbonyl (C=O) groups excluding carboxylic acids is 2. The molecule has 0 radical (unpaired) electrons. The standard InChI is InChI=1S/C24H33N3O3.C2H6/c1-30-23-9-8-21(17-26-23)19(12-15-28)7-6-18-10-13-27(14-11-18)24(29)20-4-2-3-5-22(25)16-20;1-2/h4,8-9,15-19H,2-3,5-7,10-14,25H2,1H3;1-2H3. The van der Waals surface area contributed by atoms with Crippen molar-refractivity contribution >= 4 is 12.2 Å². The van der Waals surface area contributed by atoms with Crippen molar-refractivity contribution in [2.45, 2.75) is 71.1 Å². The molecule has 2 aliphatic rings. The smallest absolute Gasteiger partial charge is 0.253 e. The number of amides is 1. The van der Waals surface area contributed by atoms with Crippen molar-refractivity contribution in [1.82, 2.24) is 9.88 Å². The fourth-order valence-electron chi connectivity index (χ4n) is 4.38. The van der Waals surface area contributed by atoms with E-state index in [0.717, 1.165) is 81.2 Å². The minimum absolute atomic E-state index is 0.112. The normalized spacial score (nSPS) is 17.8. The van der Waals surface area contributed by atoms with E-state index in [-0.39, 0.29) is 11.8 Å². The van der Waals surface area contributed by atoms with E-state index in [1.54, 1.807) is 7.11 Å². The molecule has 1 amide bonds. The van der Waals surface area contributed by atoms with Crippen molar-refractivity contribution in [3.05, 3.63) is 47.3 Å². The first-order valence-corrected chi connectivity index (χ1v) is 12.0. The molecule has 3 rings (SSSR count). The highest BCUT2D eigenvalue weighted by Gasteiger charge is 2.25. The Hall–Kier alpha value is -2.63. The molecule has 0 aromatic carbocycles. The van der Waals surface area contributed by atoms with E-state index < -0.39 is 0 Å². The number of rotatable bonds is 8. The molecule has 6 heteroatoms. The molecular weight excluding hydrogens is 402 g/mol. The average molecular weight is 442 g/mol. The van der Waals surface area contributed by atoms with Gasteiger partial charge in [0, 0.05) is 43.0 Å². The summed E-state index contributed by atoms with van der Waals surface area (Å²) in [6.45, 7) is 5.58. The van der Waals surface area contributed by atoms with Crippen LogP contribution in [0.2, 0.25) is 0 Å². The van der Waals surface area contributed by atoms with E-state index in [1.165, 1.54) is 0 Å². The molecule has 1 aromatic heterocycles. The van der Waals surface area contributed by atoms with Gasteiger partial charge in [0.1, 0.15) is 6.29 Å². The van der Waals surface area contributed by atoms with Crippen LogP contribution in [-0.2, 0) is 9.59 Å². The lowest BCUT2D eigenvalue weighted by atomic mass is 9.85. The monoisotopic (exact) mass is 441 g/mol. The molecule has 0 saturated carbocycles. The van der Waals surface area contributed by atoms with E-state index >= 15 is 0 Å². The molecule has 1 saturated heterocycles. The van der Waals surface area contributed by atoms with Gasteiger partial charge in [-0.2, -0.15) is 0 Å². The fourth-order valence-corrected chi connectivity index (χ4v) is 4.38. The third-order valence-corrected chi connectivity index (χ3v) is 6.27. The average Bonchev–Trinajstić information content (AvgIpc) is 3.07. The zero-order chi connectivity index (χ0) is 23.3. The maximum atomic E-state index is 12.8. The topological polar surface area (TPSA) is 85.5 Å². The highest BCUT2D eigenvalue weighted by atomic mass is 16.5. The van der Waals surface area contributed by atoms with Gasteiger partial charge in [-0.1, -0.05) is 26.0 Å². The fraction of sp³-hybridized carbons (Fsp3) is 0.577. The van der Waals surface area contributed by atoms with Gasteiger partial charge in [0.25, 0.3) is 5.91 Å². The molecular formula is C26H39N3O3. The highest BCUT2D eigenvalue weighted by Crippen LogP contribution is 2.30. The number of hydrogen-bond acceptors (Lipinski definition) is 5. The first-order chi connectivity index (χ1) is 15.6. The zero-order valence-electron chi connectivity index (χ0n) is 19.9. The molecule has 2 N–H and O–H groups in total. The Morgan fingerprint density at radius 1 is 1.31 bits per heavy atom. The van der Waals surface area contributed by atoms with Gasteiger partial charge >= 0.3 is 0 Å². The third-order valence-electron chi connectivity index (χ3n) is 6.27. The molecule has 32 heavy (non-hydrogen) atoms. The lowest BCUT2D eigenvalue weighted by Crippen LogP contribution is -2.39. The van der Waals surface area contributed by atoms with Crippen LogP contribution in [0.3, 0.4) is 0 Å². The number of aromatic nitrogens is 1. The number of hydrogen-bond donors (Lipinski definition) is 1. The largest absolute Gasteiger partial charge is 0.481 e. The summed E-state index contributed by atoms with van der Waals surface area (Å²) in [6, 6.07) is 3.85. The van der Waals surface area contributed by atoms with Gasteiger partial charge in [-0.3, -0.25) is 4.79 Å². The number of aldehydes is 1. The number of methoxy groups -OCH3 is 1. The SMILES string of the molecule is CC.COc1ccc(C(CC=O)CCC2CCN(C(=O)C3=CCCCC(N)=C3)CC2)cn1. The molecule has 0 bridgehead atoms. The lowest BCUT2D eigenvalue weighted by Gasteiger charge is -2.33. The number of allylic oxidation sites excluding steroid dienone is 2. The van der Waals surface area contributed by atoms with Crippen molar-refractivity contribution in [3.63, 3.8) is 0 Å². The quantitative estimate of drug-likeness (QED) is 0.588. The predicted molar refractivity (Wildman–Crippen MR) is 128 cm³/mol. The molecule has 2 heterocycles. The summed E-state index contributed by atoms with van der Waals surface area (Å²) in [5.41, 5.74) is 8.62. The van der Waals surface area contributed by atoms with Crippen molar-refractivity contribution in [2.24, 2.45) is 11.7 Å². The Labute approximate surface area is 192 Å². The second-order valence-corrected chi connectivity index (χ2v) is 8.32. The second-order valence-electron chi connectivity index (χ2n) is 8.32. The number of carbonyl (C=O) groups is 2. The summed E-state index contributed by atoms with van der Waals surface area (Å²) in [7, 11) is 1.60. The highest BCUT2D eigenvalue weighted by molar-refractivity contribution is 5.96. The summed E-state index contributed by atoms with van der Waals surface area (Å²) in [5, 5.41) is 0. The summed E-state index contributed by atoms with van der Waals surface area (Å²) < 4.78 is 5.12. The summed E-state index contributed by atoms with van der Waals surface area (Å²) in [5.74, 6) is 1.46. The molecule has 176 valence electrons. The second kappa shape index (κ2) is 13.7. The van der Waals surface area contributed by atoms with Crippen LogP contribution in [0, 0.1) is 5.92 Å². The number of pyridine rings is 1. The minimum Gasteiger partial charge on any atom is -0.481 e. The Bertz CT molecular complexity index is 778. The summed E-state index contributed by atoms with van der Waals surface area (Å²) >= 11 is 0. The minimum atomic E-state index is 0.112. The van der Waals surface area contributed by atoms with Crippen molar-refractivity contribution < 1.29 is 14.3 Å². The first-order valence-electron chi connectivity index (χ1n) is 12.0. The molecule has 1 atom stereocenters. The number of ether oxygens (including phenoxy) is 1. The summed E-state index contributed by atoms with van der Waals surface area (Å²) in [4.78, 5) is 30.3. The first kappa shape index (κ1) is 25.6. The van der Waals surface area contributed by atoms with Crippen LogP contribution >= 0.6 is 0 Å². The maximum absolute atomic E-state index is 12.8. The van der Waals surface area contributed by atoms with Gasteiger partial charge in [0.05, 0.1) is 7.11 Å². The molecule has 1 aromatic rings. The van der Waals surface area contributed by atoms with Crippen molar-refractivity contribution in [1.29, 1.82) is 0 Å². The lowest BCUT2D eigenvalue weighted by molar-refractivity contribution is -0.128. The predicted octanol–water partition coefficient (Wildman–Crippen LogP) is 4.76.